The van der Waals surface area contributed by atoms with E-state index in [4.69, 9.17) is 12.3 Å². The number of terminal acetylenes is 1. The maximum absolute atomic E-state index is 11.6. The molecule has 7 heteroatoms. The van der Waals surface area contributed by atoms with Crippen molar-refractivity contribution in [3.8, 4) is 12.3 Å². The average Bonchev–Trinajstić information content (AvgIpc) is 2.51. The molecule has 0 spiro atoms. The molecule has 0 aliphatic heterocycles. The minimum absolute atomic E-state index is 0.000231. The van der Waals surface area contributed by atoms with Gasteiger partial charge in [-0.25, -0.2) is 14.5 Å². The van der Waals surface area contributed by atoms with Crippen LogP contribution in [0, 0.1) is 12.3 Å². The summed E-state index contributed by atoms with van der Waals surface area (Å²) in [5.41, 5.74) is -0.725. The molecule has 76 valence electrons. The molecule has 0 bridgehead atoms. The molecule has 2 aromatic rings. The van der Waals surface area contributed by atoms with Gasteiger partial charge in [0.2, 0.25) is 0 Å². The fraction of sp³-hybridized carbons (Fsp3) is 0.125. The van der Waals surface area contributed by atoms with Crippen LogP contribution < -0.4 is 17.1 Å². The number of nitrogens with one attached hydrogen (secondary N) is 1. The highest BCUT2D eigenvalue weighted by Crippen LogP contribution is 1.98. The molecule has 2 rings (SSSR count). The van der Waals surface area contributed by atoms with E-state index in [1.54, 1.807) is 0 Å². The van der Waals surface area contributed by atoms with E-state index in [-0.39, 0.29) is 17.7 Å². The van der Waals surface area contributed by atoms with E-state index in [1.165, 1.54) is 0 Å². The monoisotopic (exact) mass is 205 g/mol. The number of hydrogen-bond donors (Lipinski definition) is 2. The van der Waals surface area contributed by atoms with E-state index < -0.39 is 11.2 Å². The van der Waals surface area contributed by atoms with E-state index in [1.807, 2.05) is 0 Å². The number of imidazole rings is 1. The second-order valence-corrected chi connectivity index (χ2v) is 2.87. The first-order valence-electron chi connectivity index (χ1n) is 4.04. The fourth-order valence-electron chi connectivity index (χ4n) is 1.30. The molecule has 0 atom stereocenters. The highest BCUT2D eigenvalue weighted by molar-refractivity contribution is 5.69. The molecule has 0 aliphatic rings. The molecule has 0 aliphatic carbocycles. The lowest BCUT2D eigenvalue weighted by atomic mass is 10.5. The molecule has 7 nitrogen and oxygen atoms in total. The molecule has 0 amide bonds. The Balaban J connectivity index is 2.98. The minimum Gasteiger partial charge on any atom is -0.335 e. The number of nitrogens with two attached hydrogens (primary N) is 1. The fourth-order valence-corrected chi connectivity index (χ4v) is 1.30. The van der Waals surface area contributed by atoms with Crippen LogP contribution in [0.4, 0.5) is 0 Å². The highest BCUT2D eigenvalue weighted by Gasteiger charge is 2.11. The zero-order chi connectivity index (χ0) is 11.0. The van der Waals surface area contributed by atoms with Crippen LogP contribution in [-0.2, 0) is 6.54 Å². The van der Waals surface area contributed by atoms with Gasteiger partial charge in [0.25, 0.3) is 5.56 Å². The van der Waals surface area contributed by atoms with Gasteiger partial charge in [-0.15, -0.1) is 6.42 Å². The van der Waals surface area contributed by atoms with Crippen LogP contribution in [0.15, 0.2) is 15.9 Å². The van der Waals surface area contributed by atoms with E-state index in [2.05, 4.69) is 15.9 Å². The lowest BCUT2D eigenvalue weighted by Gasteiger charge is -1.98. The molecular formula is C8H7N5O2. The Morgan fingerprint density at radius 3 is 3.00 bits per heavy atom. The van der Waals surface area contributed by atoms with Crippen LogP contribution >= 0.6 is 0 Å². The Morgan fingerprint density at radius 1 is 1.60 bits per heavy atom. The Bertz CT molecular complexity index is 669. The van der Waals surface area contributed by atoms with Gasteiger partial charge in [-0.3, -0.25) is 14.3 Å². The average molecular weight is 205 g/mol. The SMILES string of the molecule is C#CCn1c(=O)[nH]c2ncn(N)c(=O)c21. The van der Waals surface area contributed by atoms with Crippen molar-refractivity contribution in [1.29, 1.82) is 0 Å². The highest BCUT2D eigenvalue weighted by atomic mass is 16.2. The number of hydrogen-bond acceptors (Lipinski definition) is 4. The number of aromatic amines is 1. The van der Waals surface area contributed by atoms with Crippen LogP contribution in [0.5, 0.6) is 0 Å². The predicted molar refractivity (Wildman–Crippen MR) is 53.6 cm³/mol. The number of H-pyrrole nitrogens is 1. The van der Waals surface area contributed by atoms with Crippen LogP contribution in [0.25, 0.3) is 11.2 Å². The standard InChI is InChI=1S/C8H7N5O2/c1-2-3-12-5-6(11-8(12)15)10-4-13(9)7(5)14/h1,4H,3,9H2,(H,11,15). The summed E-state index contributed by atoms with van der Waals surface area (Å²) in [5, 5.41) is 0. The number of fused-ring (bicyclic) bond motifs is 1. The number of nitrogen functional groups attached to an aromatic ring is 1. The quantitative estimate of drug-likeness (QED) is 0.425. The topological polar surface area (TPSA) is 98.7 Å². The van der Waals surface area contributed by atoms with Gasteiger partial charge in [0, 0.05) is 0 Å². The Hall–Kier alpha value is -2.49. The van der Waals surface area contributed by atoms with Crippen molar-refractivity contribution in [1.82, 2.24) is 19.2 Å². The third-order valence-electron chi connectivity index (χ3n) is 1.96. The smallest absolute Gasteiger partial charge is 0.328 e. The summed E-state index contributed by atoms with van der Waals surface area (Å²) >= 11 is 0. The maximum Gasteiger partial charge on any atom is 0.328 e. The first-order chi connectivity index (χ1) is 7.15. The van der Waals surface area contributed by atoms with Gasteiger partial charge in [-0.05, 0) is 0 Å². The number of nitrogens with zero attached hydrogens (tertiary/aromatic N) is 3. The molecular weight excluding hydrogens is 198 g/mol. The second kappa shape index (κ2) is 3.02. The normalized spacial score (nSPS) is 10.3. The van der Waals surface area contributed by atoms with Crippen molar-refractivity contribution < 1.29 is 0 Å². The summed E-state index contributed by atoms with van der Waals surface area (Å²) < 4.78 is 1.91. The molecule has 0 unspecified atom stereocenters. The van der Waals surface area contributed by atoms with Crippen LogP contribution in [-0.4, -0.2) is 19.2 Å². The minimum atomic E-state index is -0.520. The lowest BCUT2D eigenvalue weighted by molar-refractivity contribution is 0.811. The molecule has 0 saturated heterocycles. The van der Waals surface area contributed by atoms with Crippen molar-refractivity contribution in [3.63, 3.8) is 0 Å². The van der Waals surface area contributed by atoms with Crippen LogP contribution in [0.3, 0.4) is 0 Å². The Labute approximate surface area is 83.1 Å². The van der Waals surface area contributed by atoms with E-state index in [0.717, 1.165) is 15.6 Å². The molecule has 0 radical (unpaired) electrons. The first kappa shape index (κ1) is 9.08. The van der Waals surface area contributed by atoms with Crippen molar-refractivity contribution >= 4 is 11.2 Å². The molecule has 0 saturated carbocycles. The maximum atomic E-state index is 11.6. The van der Waals surface area contributed by atoms with Gasteiger partial charge >= 0.3 is 5.69 Å². The third kappa shape index (κ3) is 1.20. The summed E-state index contributed by atoms with van der Waals surface area (Å²) in [5.74, 6) is 7.60. The van der Waals surface area contributed by atoms with Gasteiger partial charge < -0.3 is 5.84 Å². The van der Waals surface area contributed by atoms with Crippen molar-refractivity contribution in [2.45, 2.75) is 6.54 Å². The molecule has 0 fully saturated rings. The van der Waals surface area contributed by atoms with Crippen molar-refractivity contribution in [2.24, 2.45) is 0 Å². The largest absolute Gasteiger partial charge is 0.335 e. The summed E-state index contributed by atoms with van der Waals surface area (Å²) in [4.78, 5) is 29.2. The van der Waals surface area contributed by atoms with Gasteiger partial charge in [0.05, 0.1) is 6.54 Å². The first-order valence-corrected chi connectivity index (χ1v) is 4.04. The van der Waals surface area contributed by atoms with Crippen molar-refractivity contribution in [2.75, 3.05) is 5.84 Å². The van der Waals surface area contributed by atoms with Crippen molar-refractivity contribution in [3.05, 3.63) is 27.2 Å². The zero-order valence-corrected chi connectivity index (χ0v) is 7.60. The van der Waals surface area contributed by atoms with Crippen LogP contribution in [0.1, 0.15) is 0 Å². The van der Waals surface area contributed by atoms with Gasteiger partial charge in [0.15, 0.2) is 11.2 Å². The summed E-state index contributed by atoms with van der Waals surface area (Å²) in [6.45, 7) is -0.000231. The molecule has 2 heterocycles. The molecule has 0 aromatic carbocycles. The zero-order valence-electron chi connectivity index (χ0n) is 7.60. The van der Waals surface area contributed by atoms with Gasteiger partial charge in [0.1, 0.15) is 6.33 Å². The van der Waals surface area contributed by atoms with E-state index in [0.29, 0.717) is 0 Å². The summed E-state index contributed by atoms with van der Waals surface area (Å²) in [6, 6.07) is 0. The van der Waals surface area contributed by atoms with Gasteiger partial charge in [-0.1, -0.05) is 5.92 Å². The second-order valence-electron chi connectivity index (χ2n) is 2.87. The summed E-state index contributed by atoms with van der Waals surface area (Å²) in [7, 11) is 0. The third-order valence-corrected chi connectivity index (χ3v) is 1.96. The Morgan fingerprint density at radius 2 is 2.33 bits per heavy atom. The predicted octanol–water partition coefficient (Wildman–Crippen LogP) is -1.77. The lowest BCUT2D eigenvalue weighted by Crippen LogP contribution is -2.29. The van der Waals surface area contributed by atoms with Crippen LogP contribution in [0.2, 0.25) is 0 Å². The number of rotatable bonds is 1. The van der Waals surface area contributed by atoms with E-state index in [9.17, 15) is 9.59 Å². The van der Waals surface area contributed by atoms with Gasteiger partial charge in [-0.2, -0.15) is 0 Å². The molecule has 3 N–H and O–H groups in total. The summed E-state index contributed by atoms with van der Waals surface area (Å²) in [6.07, 6.45) is 6.21. The Kier molecular flexibility index (Phi) is 1.83. The molecule has 2 aromatic heterocycles. The molecule has 15 heavy (non-hydrogen) atoms. The number of aromatic nitrogens is 4. The van der Waals surface area contributed by atoms with E-state index >= 15 is 0 Å².